The van der Waals surface area contributed by atoms with Crippen LogP contribution >= 0.6 is 11.3 Å². The van der Waals surface area contributed by atoms with Crippen LogP contribution in [0.25, 0.3) is 22.0 Å². The van der Waals surface area contributed by atoms with E-state index in [4.69, 9.17) is 9.05 Å². The van der Waals surface area contributed by atoms with Crippen LogP contribution in [0.3, 0.4) is 0 Å². The largest absolute Gasteiger partial charge is 0.361 e. The van der Waals surface area contributed by atoms with Gasteiger partial charge in [-0.25, -0.2) is 13.1 Å². The third-order valence-corrected chi connectivity index (χ3v) is 6.90. The van der Waals surface area contributed by atoms with Gasteiger partial charge in [-0.1, -0.05) is 16.4 Å². The maximum atomic E-state index is 12.6. The monoisotopic (exact) mass is 417 g/mol. The molecule has 0 spiro atoms. The average Bonchev–Trinajstić information content (AvgIpc) is 3.41. The molecule has 0 unspecified atom stereocenters. The van der Waals surface area contributed by atoms with Crippen molar-refractivity contribution in [2.24, 2.45) is 0 Å². The van der Waals surface area contributed by atoms with Gasteiger partial charge in [0.1, 0.15) is 15.7 Å². The Balaban J connectivity index is 1.49. The molecule has 0 aliphatic rings. The smallest absolute Gasteiger partial charge is 0.250 e. The summed E-state index contributed by atoms with van der Waals surface area (Å²) >= 11 is 1.14. The molecule has 0 aliphatic heterocycles. The van der Waals surface area contributed by atoms with Crippen LogP contribution in [0, 0.1) is 13.8 Å². The number of hydrogen-bond acceptors (Lipinski definition) is 9. The van der Waals surface area contributed by atoms with E-state index in [-0.39, 0.29) is 16.6 Å². The molecule has 11 heteroatoms. The van der Waals surface area contributed by atoms with Crippen LogP contribution in [0.15, 0.2) is 49.8 Å². The Hall–Kier alpha value is -2.89. The van der Waals surface area contributed by atoms with Gasteiger partial charge in [0.2, 0.25) is 11.7 Å². The molecule has 0 aromatic carbocycles. The van der Waals surface area contributed by atoms with E-state index in [1.54, 1.807) is 43.5 Å². The Morgan fingerprint density at radius 1 is 1.11 bits per heavy atom. The predicted molar refractivity (Wildman–Crippen MR) is 101 cm³/mol. The van der Waals surface area contributed by atoms with E-state index in [2.05, 4.69) is 25.0 Å². The summed E-state index contributed by atoms with van der Waals surface area (Å²) in [6, 6.07) is 8.59. The highest BCUT2D eigenvalue weighted by atomic mass is 32.2. The van der Waals surface area contributed by atoms with Gasteiger partial charge in [-0.2, -0.15) is 4.98 Å². The lowest BCUT2D eigenvalue weighted by molar-refractivity contribution is 0.376. The lowest BCUT2D eigenvalue weighted by atomic mass is 10.2. The van der Waals surface area contributed by atoms with Crippen LogP contribution < -0.4 is 4.72 Å². The molecule has 4 aromatic heterocycles. The zero-order valence-electron chi connectivity index (χ0n) is 14.9. The quantitative estimate of drug-likeness (QED) is 0.508. The molecule has 4 aromatic rings. The molecule has 4 heterocycles. The molecule has 9 nitrogen and oxygen atoms in total. The van der Waals surface area contributed by atoms with Gasteiger partial charge in [-0.05, 0) is 38.1 Å². The SMILES string of the molecule is Cc1noc(C)c1-c1ccc(S(=O)(=O)NCc2nc(-c3ccccn3)no2)s1. The number of nitrogens with zero attached hydrogens (tertiary/aromatic N) is 4. The average molecular weight is 417 g/mol. The fourth-order valence-corrected chi connectivity index (χ4v) is 5.06. The summed E-state index contributed by atoms with van der Waals surface area (Å²) in [5, 5.41) is 7.72. The summed E-state index contributed by atoms with van der Waals surface area (Å²) in [5.41, 5.74) is 2.07. The van der Waals surface area contributed by atoms with Crippen LogP contribution in [0.1, 0.15) is 17.3 Å². The third kappa shape index (κ3) is 3.59. The van der Waals surface area contributed by atoms with E-state index in [1.165, 1.54) is 0 Å². The normalized spacial score (nSPS) is 11.8. The number of sulfonamides is 1. The van der Waals surface area contributed by atoms with Crippen molar-refractivity contribution in [3.8, 4) is 22.0 Å². The van der Waals surface area contributed by atoms with E-state index >= 15 is 0 Å². The Morgan fingerprint density at radius 3 is 2.68 bits per heavy atom. The van der Waals surface area contributed by atoms with Crippen molar-refractivity contribution < 1.29 is 17.5 Å². The standard InChI is InChI=1S/C17H15N5O4S2/c1-10-16(11(2)25-21-10)13-6-7-15(27-13)28(23,24)19-9-14-20-17(22-26-14)12-5-3-4-8-18-12/h3-8,19H,9H2,1-2H3. The number of rotatable bonds is 6. The van der Waals surface area contributed by atoms with E-state index in [0.29, 0.717) is 23.0 Å². The first-order valence-electron chi connectivity index (χ1n) is 8.21. The Bertz CT molecular complexity index is 1190. The fourth-order valence-electron chi connectivity index (χ4n) is 2.59. The van der Waals surface area contributed by atoms with Gasteiger partial charge in [0.25, 0.3) is 10.0 Å². The number of hydrogen-bond donors (Lipinski definition) is 1. The molecule has 0 saturated heterocycles. The minimum Gasteiger partial charge on any atom is -0.361 e. The van der Waals surface area contributed by atoms with Crippen molar-refractivity contribution in [3.63, 3.8) is 0 Å². The third-order valence-electron chi connectivity index (χ3n) is 3.90. The van der Waals surface area contributed by atoms with Crippen molar-refractivity contribution >= 4 is 21.4 Å². The Labute approximate surface area is 164 Å². The van der Waals surface area contributed by atoms with E-state index in [1.807, 2.05) is 6.92 Å². The summed E-state index contributed by atoms with van der Waals surface area (Å²) in [6.07, 6.45) is 1.61. The highest BCUT2D eigenvalue weighted by molar-refractivity contribution is 7.91. The second-order valence-electron chi connectivity index (χ2n) is 5.87. The van der Waals surface area contributed by atoms with Gasteiger partial charge in [0.15, 0.2) is 0 Å². The fraction of sp³-hybridized carbons (Fsp3) is 0.176. The molecule has 0 saturated carbocycles. The van der Waals surface area contributed by atoms with Gasteiger partial charge in [0.05, 0.1) is 17.8 Å². The maximum absolute atomic E-state index is 12.6. The molecule has 0 bridgehead atoms. The molecule has 0 fully saturated rings. The molecular formula is C17H15N5O4S2. The van der Waals surface area contributed by atoms with Gasteiger partial charge in [0, 0.05) is 11.1 Å². The van der Waals surface area contributed by atoms with Crippen molar-refractivity contribution in [2.75, 3.05) is 0 Å². The van der Waals surface area contributed by atoms with Gasteiger partial charge >= 0.3 is 0 Å². The summed E-state index contributed by atoms with van der Waals surface area (Å²) in [6.45, 7) is 3.48. The molecule has 0 atom stereocenters. The second kappa shape index (κ2) is 7.26. The van der Waals surface area contributed by atoms with Crippen LogP contribution in [-0.2, 0) is 16.6 Å². The van der Waals surface area contributed by atoms with E-state index in [9.17, 15) is 8.42 Å². The van der Waals surface area contributed by atoms with Crippen LogP contribution in [0.5, 0.6) is 0 Å². The minimum atomic E-state index is -3.74. The van der Waals surface area contributed by atoms with Gasteiger partial charge in [-0.3, -0.25) is 4.98 Å². The molecule has 4 rings (SSSR count). The number of nitrogens with one attached hydrogen (secondary N) is 1. The molecule has 144 valence electrons. The second-order valence-corrected chi connectivity index (χ2v) is 8.95. The first-order valence-corrected chi connectivity index (χ1v) is 10.5. The summed E-state index contributed by atoms with van der Waals surface area (Å²) in [4.78, 5) is 9.06. The van der Waals surface area contributed by atoms with Crippen LogP contribution in [0.2, 0.25) is 0 Å². The van der Waals surface area contributed by atoms with Crippen molar-refractivity contribution in [2.45, 2.75) is 24.6 Å². The molecule has 1 N–H and O–H groups in total. The molecule has 28 heavy (non-hydrogen) atoms. The highest BCUT2D eigenvalue weighted by Crippen LogP contribution is 2.34. The number of thiophene rings is 1. The van der Waals surface area contributed by atoms with Gasteiger partial charge < -0.3 is 9.05 Å². The Kier molecular flexibility index (Phi) is 4.79. The number of aromatic nitrogens is 4. The van der Waals surface area contributed by atoms with Crippen LogP contribution in [0.4, 0.5) is 0 Å². The van der Waals surface area contributed by atoms with Crippen molar-refractivity contribution in [1.82, 2.24) is 25.0 Å². The molecular weight excluding hydrogens is 402 g/mol. The van der Waals surface area contributed by atoms with Crippen molar-refractivity contribution in [1.29, 1.82) is 0 Å². The summed E-state index contributed by atoms with van der Waals surface area (Å²) in [5.74, 6) is 1.09. The maximum Gasteiger partial charge on any atom is 0.250 e. The zero-order chi connectivity index (χ0) is 19.7. The topological polar surface area (TPSA) is 124 Å². The van der Waals surface area contributed by atoms with Crippen LogP contribution in [-0.4, -0.2) is 28.7 Å². The number of aryl methyl sites for hydroxylation is 2. The molecule has 0 aliphatic carbocycles. The Morgan fingerprint density at radius 2 is 1.96 bits per heavy atom. The molecule has 0 amide bonds. The van der Waals surface area contributed by atoms with E-state index in [0.717, 1.165) is 21.8 Å². The molecule has 0 radical (unpaired) electrons. The first kappa shape index (κ1) is 18.5. The zero-order valence-corrected chi connectivity index (χ0v) is 16.5. The lowest BCUT2D eigenvalue weighted by Crippen LogP contribution is -2.22. The summed E-state index contributed by atoms with van der Waals surface area (Å²) in [7, 11) is -3.74. The van der Waals surface area contributed by atoms with Gasteiger partial charge in [-0.15, -0.1) is 11.3 Å². The predicted octanol–water partition coefficient (Wildman–Crippen LogP) is 2.94. The summed E-state index contributed by atoms with van der Waals surface area (Å²) < 4.78 is 38.1. The van der Waals surface area contributed by atoms with Crippen molar-refractivity contribution in [3.05, 3.63) is 53.9 Å². The van der Waals surface area contributed by atoms with E-state index < -0.39 is 10.0 Å². The minimum absolute atomic E-state index is 0.124. The highest BCUT2D eigenvalue weighted by Gasteiger charge is 2.21. The first-order chi connectivity index (χ1) is 13.4. The lowest BCUT2D eigenvalue weighted by Gasteiger charge is -2.01. The number of pyridine rings is 1.